The maximum Gasteiger partial charge on any atom is 0.335 e. The number of nitrogens with zero attached hydrogens (tertiary/aromatic N) is 2. The van der Waals surface area contributed by atoms with Crippen molar-refractivity contribution in [3.63, 3.8) is 0 Å². The first kappa shape index (κ1) is 14.9. The summed E-state index contributed by atoms with van der Waals surface area (Å²) in [6, 6.07) is 2.79. The van der Waals surface area contributed by atoms with E-state index in [0.717, 1.165) is 11.8 Å². The molecule has 2 rings (SSSR count). The summed E-state index contributed by atoms with van der Waals surface area (Å²) < 4.78 is 13.7. The van der Waals surface area contributed by atoms with Gasteiger partial charge in [0.1, 0.15) is 5.82 Å². The quantitative estimate of drug-likeness (QED) is 0.909. The molecule has 8 heteroatoms. The number of aromatic nitrogens is 1. The normalized spacial score (nSPS) is 10.2. The van der Waals surface area contributed by atoms with Gasteiger partial charge in [0.25, 0.3) is 0 Å². The first-order valence-corrected chi connectivity index (χ1v) is 6.83. The Morgan fingerprint density at radius 1 is 1.48 bits per heavy atom. The highest BCUT2D eigenvalue weighted by Gasteiger charge is 2.14. The smallest absolute Gasteiger partial charge is 0.335 e. The fraction of sp³-hybridized carbons (Fsp3) is 0.154. The number of aromatic carboxylic acids is 1. The second kappa shape index (κ2) is 6.31. The summed E-state index contributed by atoms with van der Waals surface area (Å²) in [7, 11) is 1.55. The molecule has 0 saturated heterocycles. The largest absolute Gasteiger partial charge is 0.478 e. The number of carbonyl (C=O) groups excluding carboxylic acids is 1. The van der Waals surface area contributed by atoms with Gasteiger partial charge in [-0.15, -0.1) is 11.3 Å². The topological polar surface area (TPSA) is 82.5 Å². The Morgan fingerprint density at radius 2 is 2.24 bits per heavy atom. The molecule has 0 spiro atoms. The van der Waals surface area contributed by atoms with Crippen molar-refractivity contribution in [3.8, 4) is 0 Å². The van der Waals surface area contributed by atoms with Crippen molar-refractivity contribution in [1.29, 1.82) is 0 Å². The molecule has 0 radical (unpaired) electrons. The van der Waals surface area contributed by atoms with E-state index >= 15 is 0 Å². The highest BCUT2D eigenvalue weighted by Crippen LogP contribution is 2.16. The predicted molar refractivity (Wildman–Crippen MR) is 76.0 cm³/mol. The number of anilines is 1. The monoisotopic (exact) mass is 309 g/mol. The molecule has 21 heavy (non-hydrogen) atoms. The zero-order chi connectivity index (χ0) is 15.4. The molecule has 1 aromatic heterocycles. The number of carboxylic acids is 1. The van der Waals surface area contributed by atoms with Crippen molar-refractivity contribution >= 4 is 29.0 Å². The van der Waals surface area contributed by atoms with Crippen molar-refractivity contribution in [2.75, 3.05) is 12.4 Å². The second-order valence-corrected chi connectivity index (χ2v) is 4.98. The molecular weight excluding hydrogens is 297 g/mol. The minimum atomic E-state index is -1.23. The van der Waals surface area contributed by atoms with Gasteiger partial charge in [0.15, 0.2) is 0 Å². The second-order valence-electron chi connectivity index (χ2n) is 4.27. The molecule has 0 unspecified atom stereocenters. The molecular formula is C13H12FN3O3S. The zero-order valence-electron chi connectivity index (χ0n) is 11.0. The van der Waals surface area contributed by atoms with E-state index in [9.17, 15) is 14.0 Å². The lowest BCUT2D eigenvalue weighted by Crippen LogP contribution is -2.31. The van der Waals surface area contributed by atoms with Crippen LogP contribution in [-0.2, 0) is 6.54 Å². The van der Waals surface area contributed by atoms with Crippen LogP contribution in [0.15, 0.2) is 29.1 Å². The van der Waals surface area contributed by atoms with Gasteiger partial charge in [-0.05, 0) is 18.2 Å². The number of hydrogen-bond acceptors (Lipinski definition) is 4. The van der Waals surface area contributed by atoms with Gasteiger partial charge in [-0.25, -0.2) is 19.0 Å². The Bertz CT molecular complexity index is 661. The standard InChI is InChI=1S/C13H12FN3O3S/c1-17(5-9-6-21-7-15-9)13(20)16-11-3-2-8(12(18)19)4-10(11)14/h2-4,6-7H,5H2,1H3,(H,16,20)(H,18,19). The number of carboxylic acid groups (broad SMARTS) is 1. The molecule has 2 aromatic rings. The fourth-order valence-electron chi connectivity index (χ4n) is 1.59. The van der Waals surface area contributed by atoms with Gasteiger partial charge in [0, 0.05) is 12.4 Å². The van der Waals surface area contributed by atoms with Crippen molar-refractivity contribution in [2.24, 2.45) is 0 Å². The molecule has 0 aliphatic heterocycles. The van der Waals surface area contributed by atoms with Crippen LogP contribution in [0.5, 0.6) is 0 Å². The van der Waals surface area contributed by atoms with Gasteiger partial charge >= 0.3 is 12.0 Å². The van der Waals surface area contributed by atoms with Crippen LogP contribution in [0.4, 0.5) is 14.9 Å². The molecule has 2 amide bonds. The number of thiazole rings is 1. The number of benzene rings is 1. The molecule has 6 nitrogen and oxygen atoms in total. The Balaban J connectivity index is 2.03. The third-order valence-corrected chi connectivity index (χ3v) is 3.32. The SMILES string of the molecule is CN(Cc1cscn1)C(=O)Nc1ccc(C(=O)O)cc1F. The van der Waals surface area contributed by atoms with Crippen LogP contribution in [0.25, 0.3) is 0 Å². The van der Waals surface area contributed by atoms with Gasteiger partial charge < -0.3 is 15.3 Å². The van der Waals surface area contributed by atoms with Gasteiger partial charge in [0.2, 0.25) is 0 Å². The summed E-state index contributed by atoms with van der Waals surface area (Å²) in [6.45, 7) is 0.296. The fourth-order valence-corrected chi connectivity index (χ4v) is 2.14. The summed E-state index contributed by atoms with van der Waals surface area (Å²) in [5.41, 5.74) is 2.14. The van der Waals surface area contributed by atoms with E-state index < -0.39 is 17.8 Å². The number of nitrogens with one attached hydrogen (secondary N) is 1. The van der Waals surface area contributed by atoms with E-state index in [1.165, 1.54) is 28.4 Å². The van der Waals surface area contributed by atoms with Crippen LogP contribution in [-0.4, -0.2) is 34.0 Å². The molecule has 1 heterocycles. The van der Waals surface area contributed by atoms with E-state index in [1.54, 1.807) is 12.6 Å². The number of carbonyl (C=O) groups is 2. The Hall–Kier alpha value is -2.48. The summed E-state index contributed by atoms with van der Waals surface area (Å²) in [6.07, 6.45) is 0. The van der Waals surface area contributed by atoms with Crippen molar-refractivity contribution in [2.45, 2.75) is 6.54 Å². The number of hydrogen-bond donors (Lipinski definition) is 2. The highest BCUT2D eigenvalue weighted by atomic mass is 32.1. The van der Waals surface area contributed by atoms with Crippen LogP contribution in [0.1, 0.15) is 16.1 Å². The Labute approximate surface area is 123 Å². The molecule has 1 aromatic carbocycles. The maximum atomic E-state index is 13.7. The van der Waals surface area contributed by atoms with Crippen LogP contribution < -0.4 is 5.32 Å². The number of rotatable bonds is 4. The maximum absolute atomic E-state index is 13.7. The number of urea groups is 1. The lowest BCUT2D eigenvalue weighted by Gasteiger charge is -2.17. The van der Waals surface area contributed by atoms with Gasteiger partial charge in [-0.3, -0.25) is 0 Å². The van der Waals surface area contributed by atoms with Crippen molar-refractivity contribution in [3.05, 3.63) is 46.2 Å². The van der Waals surface area contributed by atoms with Crippen LogP contribution in [0, 0.1) is 5.82 Å². The predicted octanol–water partition coefficient (Wildman–Crippen LogP) is 2.64. The third-order valence-electron chi connectivity index (χ3n) is 2.69. The lowest BCUT2D eigenvalue weighted by molar-refractivity contribution is 0.0696. The van der Waals surface area contributed by atoms with Crippen LogP contribution in [0.3, 0.4) is 0 Å². The minimum Gasteiger partial charge on any atom is -0.478 e. The first-order valence-electron chi connectivity index (χ1n) is 5.89. The molecule has 0 aliphatic rings. The van der Waals surface area contributed by atoms with Crippen LogP contribution >= 0.6 is 11.3 Å². The average Bonchev–Trinajstić information content (AvgIpc) is 2.93. The van der Waals surface area contributed by atoms with Gasteiger partial charge in [-0.2, -0.15) is 0 Å². The van der Waals surface area contributed by atoms with E-state index in [1.807, 2.05) is 5.38 Å². The zero-order valence-corrected chi connectivity index (χ0v) is 11.9. The Kier molecular flexibility index (Phi) is 4.49. The molecule has 0 atom stereocenters. The van der Waals surface area contributed by atoms with E-state index in [-0.39, 0.29) is 11.3 Å². The summed E-state index contributed by atoms with van der Waals surface area (Å²) in [5.74, 6) is -2.03. The van der Waals surface area contributed by atoms with Crippen molar-refractivity contribution < 1.29 is 19.1 Å². The van der Waals surface area contributed by atoms with Gasteiger partial charge in [-0.1, -0.05) is 0 Å². The van der Waals surface area contributed by atoms with E-state index in [4.69, 9.17) is 5.11 Å². The molecule has 0 saturated carbocycles. The van der Waals surface area contributed by atoms with E-state index in [0.29, 0.717) is 6.54 Å². The van der Waals surface area contributed by atoms with Gasteiger partial charge in [0.05, 0.1) is 29.0 Å². The molecule has 2 N–H and O–H groups in total. The summed E-state index contributed by atoms with van der Waals surface area (Å²) in [4.78, 5) is 28.0. The van der Waals surface area contributed by atoms with Crippen molar-refractivity contribution in [1.82, 2.24) is 9.88 Å². The third kappa shape index (κ3) is 3.76. The molecule has 0 bridgehead atoms. The Morgan fingerprint density at radius 3 is 2.81 bits per heavy atom. The molecule has 0 fully saturated rings. The number of halogens is 1. The van der Waals surface area contributed by atoms with E-state index in [2.05, 4.69) is 10.3 Å². The average molecular weight is 309 g/mol. The molecule has 110 valence electrons. The first-order chi connectivity index (χ1) is 9.97. The summed E-state index contributed by atoms with van der Waals surface area (Å²) in [5, 5.41) is 12.9. The minimum absolute atomic E-state index is 0.0740. The summed E-state index contributed by atoms with van der Waals surface area (Å²) >= 11 is 1.42. The molecule has 0 aliphatic carbocycles. The highest BCUT2D eigenvalue weighted by molar-refractivity contribution is 7.07. The number of amides is 2. The van der Waals surface area contributed by atoms with Crippen LogP contribution in [0.2, 0.25) is 0 Å². The lowest BCUT2D eigenvalue weighted by atomic mass is 10.2.